The number of hydrogen-bond donors (Lipinski definition) is 0. The Hall–Kier alpha value is -1.63. The zero-order chi connectivity index (χ0) is 10.7. The first-order valence-corrected chi connectivity index (χ1v) is 5.21. The van der Waals surface area contributed by atoms with Crippen molar-refractivity contribution in [1.29, 1.82) is 0 Å². The fraction of sp³-hybridized carbons (Fsp3) is 0.214. The fourth-order valence-electron chi connectivity index (χ4n) is 1.79. The first-order chi connectivity index (χ1) is 7.29. The Kier molecular flexibility index (Phi) is 2.82. The van der Waals surface area contributed by atoms with Gasteiger partial charge in [-0.05, 0) is 31.1 Å². The van der Waals surface area contributed by atoms with Crippen molar-refractivity contribution in [3.63, 3.8) is 0 Å². The third-order valence-corrected chi connectivity index (χ3v) is 2.58. The van der Waals surface area contributed by atoms with Crippen LogP contribution in [-0.2, 0) is 0 Å². The number of nitrogens with zero attached hydrogens (tertiary/aromatic N) is 1. The lowest BCUT2D eigenvalue weighted by Gasteiger charge is -2.18. The zero-order valence-corrected chi connectivity index (χ0v) is 9.14. The van der Waals surface area contributed by atoms with E-state index in [0.29, 0.717) is 0 Å². The molecule has 0 N–H and O–H groups in total. The largest absolute Gasteiger partial charge is 0.280 e. The van der Waals surface area contributed by atoms with Crippen LogP contribution in [0.4, 0.5) is 0 Å². The minimum absolute atomic E-state index is 0.182. The molecule has 0 spiro atoms. The molecule has 0 amide bonds. The van der Waals surface area contributed by atoms with E-state index in [1.54, 1.807) is 0 Å². The van der Waals surface area contributed by atoms with Crippen molar-refractivity contribution in [2.75, 3.05) is 0 Å². The highest BCUT2D eigenvalue weighted by atomic mass is 14.8. The van der Waals surface area contributed by atoms with Gasteiger partial charge in [0.05, 0.1) is 6.04 Å². The maximum Gasteiger partial charge on any atom is 0.0998 e. The lowest BCUT2D eigenvalue weighted by molar-refractivity contribution is 0.856. The van der Waals surface area contributed by atoms with Crippen molar-refractivity contribution in [3.8, 4) is 0 Å². The zero-order valence-electron chi connectivity index (χ0n) is 9.14. The van der Waals surface area contributed by atoms with E-state index in [-0.39, 0.29) is 6.04 Å². The quantitative estimate of drug-likeness (QED) is 0.651. The van der Waals surface area contributed by atoms with E-state index < -0.39 is 0 Å². The molecule has 0 saturated carbocycles. The summed E-state index contributed by atoms with van der Waals surface area (Å²) in [6.07, 6.45) is 6.03. The number of allylic oxidation sites excluding steroid dienone is 2. The van der Waals surface area contributed by atoms with E-state index in [1.807, 2.05) is 18.4 Å². The monoisotopic (exact) mass is 197 g/mol. The van der Waals surface area contributed by atoms with Gasteiger partial charge in [-0.1, -0.05) is 42.0 Å². The number of benzene rings is 1. The molecule has 1 unspecified atom stereocenters. The molecular formula is C14H15N. The van der Waals surface area contributed by atoms with Crippen molar-refractivity contribution >= 4 is 6.21 Å². The van der Waals surface area contributed by atoms with Crippen LogP contribution in [0.15, 0.2) is 58.6 Å². The van der Waals surface area contributed by atoms with Gasteiger partial charge < -0.3 is 0 Å². The molecule has 0 bridgehead atoms. The van der Waals surface area contributed by atoms with Crippen LogP contribution >= 0.6 is 0 Å². The van der Waals surface area contributed by atoms with Crippen LogP contribution in [0.3, 0.4) is 0 Å². The number of rotatable bonds is 1. The Bertz CT molecular complexity index is 420. The molecule has 1 heterocycles. The summed E-state index contributed by atoms with van der Waals surface area (Å²) in [5.41, 5.74) is 3.90. The van der Waals surface area contributed by atoms with Gasteiger partial charge in [-0.15, -0.1) is 0 Å². The minimum atomic E-state index is 0.182. The average molecular weight is 197 g/mol. The summed E-state index contributed by atoms with van der Waals surface area (Å²) in [5.74, 6) is 0. The lowest BCUT2D eigenvalue weighted by Crippen LogP contribution is -2.03. The highest BCUT2D eigenvalue weighted by Crippen LogP contribution is 2.30. The normalized spacial score (nSPS) is 19.3. The van der Waals surface area contributed by atoms with Crippen molar-refractivity contribution < 1.29 is 0 Å². The van der Waals surface area contributed by atoms with Gasteiger partial charge in [-0.2, -0.15) is 0 Å². The number of hydrogen-bond acceptors (Lipinski definition) is 1. The standard InChI is InChI=1S/C14H15N/c1-11(2)13-9-6-10-15-14(13)12-7-4-3-5-8-12/h3-10,14H,1-2H3. The second-order valence-corrected chi connectivity index (χ2v) is 3.93. The predicted octanol–water partition coefficient (Wildman–Crippen LogP) is 3.70. The predicted molar refractivity (Wildman–Crippen MR) is 65.2 cm³/mol. The van der Waals surface area contributed by atoms with Crippen LogP contribution in [0.5, 0.6) is 0 Å². The first-order valence-electron chi connectivity index (χ1n) is 5.21. The van der Waals surface area contributed by atoms with Crippen LogP contribution < -0.4 is 0 Å². The van der Waals surface area contributed by atoms with Gasteiger partial charge in [0, 0.05) is 6.21 Å². The molecular weight excluding hydrogens is 182 g/mol. The smallest absolute Gasteiger partial charge is 0.0998 e. The van der Waals surface area contributed by atoms with E-state index in [4.69, 9.17) is 0 Å². The van der Waals surface area contributed by atoms with Crippen LogP contribution in [0.1, 0.15) is 25.5 Å². The summed E-state index contributed by atoms with van der Waals surface area (Å²) >= 11 is 0. The maximum atomic E-state index is 4.53. The molecule has 1 heteroatoms. The van der Waals surface area contributed by atoms with Gasteiger partial charge in [-0.25, -0.2) is 0 Å². The highest BCUT2D eigenvalue weighted by Gasteiger charge is 2.15. The topological polar surface area (TPSA) is 12.4 Å². The Labute approximate surface area is 90.9 Å². The summed E-state index contributed by atoms with van der Waals surface area (Å²) < 4.78 is 0. The molecule has 1 aliphatic rings. The van der Waals surface area contributed by atoms with Crippen LogP contribution in [0, 0.1) is 0 Å². The molecule has 0 aromatic heterocycles. The summed E-state index contributed by atoms with van der Waals surface area (Å²) in [5, 5.41) is 0. The summed E-state index contributed by atoms with van der Waals surface area (Å²) in [6.45, 7) is 4.27. The van der Waals surface area contributed by atoms with Crippen molar-refractivity contribution in [2.45, 2.75) is 19.9 Å². The SMILES string of the molecule is CC(C)=C1C=CC=NC1c1ccccc1. The second-order valence-electron chi connectivity index (χ2n) is 3.93. The van der Waals surface area contributed by atoms with Gasteiger partial charge in [0.25, 0.3) is 0 Å². The highest BCUT2D eigenvalue weighted by molar-refractivity contribution is 5.75. The van der Waals surface area contributed by atoms with E-state index in [9.17, 15) is 0 Å². The third kappa shape index (κ3) is 2.07. The van der Waals surface area contributed by atoms with Gasteiger partial charge in [0.1, 0.15) is 0 Å². The molecule has 1 aliphatic heterocycles. The summed E-state index contributed by atoms with van der Waals surface area (Å²) in [7, 11) is 0. The molecule has 0 aliphatic carbocycles. The number of aliphatic imine (C=N–C) groups is 1. The number of dihydropyridines is 1. The molecule has 1 atom stereocenters. The molecule has 76 valence electrons. The van der Waals surface area contributed by atoms with Crippen molar-refractivity contribution in [2.24, 2.45) is 4.99 Å². The van der Waals surface area contributed by atoms with Gasteiger partial charge in [0.15, 0.2) is 0 Å². The van der Waals surface area contributed by atoms with Crippen LogP contribution in [0.25, 0.3) is 0 Å². The van der Waals surface area contributed by atoms with E-state index in [0.717, 1.165) is 0 Å². The lowest BCUT2D eigenvalue weighted by atomic mass is 9.94. The van der Waals surface area contributed by atoms with Gasteiger partial charge in [0.2, 0.25) is 0 Å². The molecule has 0 radical (unpaired) electrons. The Morgan fingerprint density at radius 3 is 2.53 bits per heavy atom. The van der Waals surface area contributed by atoms with Crippen LogP contribution in [-0.4, -0.2) is 6.21 Å². The van der Waals surface area contributed by atoms with E-state index in [2.05, 4.69) is 49.2 Å². The average Bonchev–Trinajstić information content (AvgIpc) is 2.30. The van der Waals surface area contributed by atoms with Gasteiger partial charge >= 0.3 is 0 Å². The summed E-state index contributed by atoms with van der Waals surface area (Å²) in [6, 6.07) is 10.6. The molecule has 2 rings (SSSR count). The first kappa shape index (κ1) is 9.91. The second kappa shape index (κ2) is 4.26. The minimum Gasteiger partial charge on any atom is -0.280 e. The fourth-order valence-corrected chi connectivity index (χ4v) is 1.79. The third-order valence-electron chi connectivity index (χ3n) is 2.58. The van der Waals surface area contributed by atoms with E-state index >= 15 is 0 Å². The van der Waals surface area contributed by atoms with E-state index in [1.165, 1.54) is 16.7 Å². The molecule has 0 fully saturated rings. The maximum absolute atomic E-state index is 4.53. The van der Waals surface area contributed by atoms with Gasteiger partial charge in [-0.3, -0.25) is 4.99 Å². The molecule has 15 heavy (non-hydrogen) atoms. The Balaban J connectivity index is 2.41. The van der Waals surface area contributed by atoms with Crippen LogP contribution in [0.2, 0.25) is 0 Å². The molecule has 1 aromatic carbocycles. The Morgan fingerprint density at radius 2 is 1.87 bits per heavy atom. The molecule has 1 nitrogen and oxygen atoms in total. The summed E-state index contributed by atoms with van der Waals surface area (Å²) in [4.78, 5) is 4.53. The molecule has 0 saturated heterocycles. The molecule has 1 aromatic rings. The van der Waals surface area contributed by atoms with Crippen molar-refractivity contribution in [3.05, 3.63) is 59.2 Å². The Morgan fingerprint density at radius 1 is 1.13 bits per heavy atom. The van der Waals surface area contributed by atoms with Crippen molar-refractivity contribution in [1.82, 2.24) is 0 Å².